The topological polar surface area (TPSA) is 75.1 Å². The molecule has 0 aliphatic rings. The van der Waals surface area contributed by atoms with Crippen molar-refractivity contribution < 1.29 is 30.7 Å². The van der Waals surface area contributed by atoms with Crippen molar-refractivity contribution in [3.05, 3.63) is 43.8 Å². The van der Waals surface area contributed by atoms with Gasteiger partial charge in [-0.3, -0.25) is 0 Å². The van der Waals surface area contributed by atoms with E-state index in [0.29, 0.717) is 5.56 Å². The van der Waals surface area contributed by atoms with E-state index in [-0.39, 0.29) is 5.97 Å². The zero-order chi connectivity index (χ0) is 12.9. The van der Waals surface area contributed by atoms with Crippen molar-refractivity contribution in [3.63, 3.8) is 0 Å². The normalized spacial score (nSPS) is 10.8. The third-order valence-corrected chi connectivity index (χ3v) is 4.32. The zero-order valence-electron chi connectivity index (χ0n) is 9.85. The third-order valence-electron chi connectivity index (χ3n) is 1.66. The van der Waals surface area contributed by atoms with Gasteiger partial charge in [-0.2, -0.15) is 0 Å². The van der Waals surface area contributed by atoms with Crippen molar-refractivity contribution in [2.45, 2.75) is 19.6 Å². The molecule has 0 saturated heterocycles. The molecule has 17 heavy (non-hydrogen) atoms. The summed E-state index contributed by atoms with van der Waals surface area (Å²) in [5.41, 5.74) is 8.84. The summed E-state index contributed by atoms with van der Waals surface area (Å²) < 4.78 is 9.80. The number of azide groups is 1. The van der Waals surface area contributed by atoms with Gasteiger partial charge < -0.3 is 0 Å². The number of carbonyl (C=O) groups is 1. The molecule has 0 saturated carbocycles. The third kappa shape index (κ3) is 4.76. The first-order valence-electron chi connectivity index (χ1n) is 4.95. The van der Waals surface area contributed by atoms with Crippen LogP contribution in [-0.2, 0) is 4.43 Å². The molecule has 1 rings (SSSR count). The molecule has 1 aromatic carbocycles. The van der Waals surface area contributed by atoms with E-state index in [1.54, 1.807) is 12.1 Å². The SMILES string of the molecule is C[Si](C)(C)OC(=O)c1ccccc1[I-]N=[N+]=[N-]. The number of halogens is 1. The van der Waals surface area contributed by atoms with Gasteiger partial charge in [0.05, 0.1) is 0 Å². The zero-order valence-corrected chi connectivity index (χ0v) is 13.0. The van der Waals surface area contributed by atoms with E-state index in [2.05, 4.69) is 8.24 Å². The molecule has 92 valence electrons. The first-order chi connectivity index (χ1) is 7.94. The number of rotatable bonds is 4. The van der Waals surface area contributed by atoms with Gasteiger partial charge in [0.15, 0.2) is 0 Å². The molecule has 0 spiro atoms. The van der Waals surface area contributed by atoms with Crippen molar-refractivity contribution in [2.24, 2.45) is 3.33 Å². The van der Waals surface area contributed by atoms with E-state index in [4.69, 9.17) is 9.96 Å². The number of benzene rings is 1. The summed E-state index contributed by atoms with van der Waals surface area (Å²) in [5.74, 6) is -0.312. The maximum absolute atomic E-state index is 11.9. The van der Waals surface area contributed by atoms with Gasteiger partial charge in [-0.25, -0.2) is 0 Å². The Balaban J connectivity index is 2.96. The number of nitrogens with zero attached hydrogens (tertiary/aromatic N) is 3. The Morgan fingerprint density at radius 3 is 2.65 bits per heavy atom. The van der Waals surface area contributed by atoms with Crippen LogP contribution in [0.1, 0.15) is 10.4 Å². The fourth-order valence-electron chi connectivity index (χ4n) is 1.09. The van der Waals surface area contributed by atoms with Crippen LogP contribution in [0.4, 0.5) is 0 Å². The van der Waals surface area contributed by atoms with Crippen LogP contribution in [0, 0.1) is 3.57 Å². The Bertz CT molecular complexity index is 467. The molecule has 0 unspecified atom stereocenters. The van der Waals surface area contributed by atoms with Gasteiger partial charge in [-0.05, 0) is 0 Å². The Labute approximate surface area is 112 Å². The van der Waals surface area contributed by atoms with Crippen molar-refractivity contribution >= 4 is 14.3 Å². The second kappa shape index (κ2) is 6.04. The molecule has 0 aliphatic heterocycles. The molecule has 0 aromatic heterocycles. The first-order valence-corrected chi connectivity index (χ1v) is 10.4. The van der Waals surface area contributed by atoms with E-state index in [9.17, 15) is 4.79 Å². The van der Waals surface area contributed by atoms with Crippen LogP contribution in [0.2, 0.25) is 19.6 Å². The summed E-state index contributed by atoms with van der Waals surface area (Å²) in [6, 6.07) is 7.13. The van der Waals surface area contributed by atoms with Crippen molar-refractivity contribution in [1.29, 1.82) is 0 Å². The summed E-state index contributed by atoms with van der Waals surface area (Å²) in [5, 5.41) is 0. The van der Waals surface area contributed by atoms with Gasteiger partial charge in [0.25, 0.3) is 0 Å². The number of carbonyl (C=O) groups excluding carboxylic acids is 1. The predicted octanol–water partition coefficient (Wildman–Crippen LogP) is 0.162. The summed E-state index contributed by atoms with van der Waals surface area (Å²) in [6.45, 7) is 5.86. The molecule has 1 aromatic rings. The van der Waals surface area contributed by atoms with E-state index in [1.165, 1.54) is 0 Å². The molecule has 0 amide bonds. The fraction of sp³-hybridized carbons (Fsp3) is 0.300. The molecule has 0 heterocycles. The summed E-state index contributed by atoms with van der Waals surface area (Å²) in [7, 11) is -1.90. The molecule has 5 nitrogen and oxygen atoms in total. The van der Waals surface area contributed by atoms with Crippen molar-refractivity contribution in [3.8, 4) is 0 Å². The minimum absolute atomic E-state index is 0.312. The van der Waals surface area contributed by atoms with Crippen molar-refractivity contribution in [1.82, 2.24) is 0 Å². The van der Waals surface area contributed by atoms with E-state index < -0.39 is 29.8 Å². The molecular weight excluding hydrogens is 349 g/mol. The molecule has 0 atom stereocenters. The van der Waals surface area contributed by atoms with E-state index >= 15 is 0 Å². The van der Waals surface area contributed by atoms with Crippen LogP contribution in [-0.4, -0.2) is 14.3 Å². The molecule has 0 N–H and O–H groups in total. The molecular formula is C10H13IN3O2Si-. The quantitative estimate of drug-likeness (QED) is 0.252. The molecule has 0 bridgehead atoms. The Hall–Kier alpha value is -1.05. The van der Waals surface area contributed by atoms with Gasteiger partial charge in [0.2, 0.25) is 0 Å². The number of hydrogen-bond acceptors (Lipinski definition) is 3. The summed E-state index contributed by atoms with van der Waals surface area (Å²) >= 11 is -0.848. The van der Waals surface area contributed by atoms with Gasteiger partial charge in [0, 0.05) is 0 Å². The van der Waals surface area contributed by atoms with E-state index in [1.807, 2.05) is 31.8 Å². The van der Waals surface area contributed by atoms with Gasteiger partial charge in [0.1, 0.15) is 0 Å². The predicted molar refractivity (Wildman–Crippen MR) is 63.0 cm³/mol. The van der Waals surface area contributed by atoms with Gasteiger partial charge in [-0.1, -0.05) is 0 Å². The van der Waals surface area contributed by atoms with Crippen molar-refractivity contribution in [2.75, 3.05) is 0 Å². The summed E-state index contributed by atoms with van der Waals surface area (Å²) in [4.78, 5) is 14.7. The van der Waals surface area contributed by atoms with Crippen LogP contribution in [0.3, 0.4) is 0 Å². The first kappa shape index (κ1) is 14.0. The van der Waals surface area contributed by atoms with Crippen LogP contribution in [0.15, 0.2) is 27.6 Å². The monoisotopic (exact) mass is 362 g/mol. The Morgan fingerprint density at radius 2 is 2.06 bits per heavy atom. The second-order valence-corrected chi connectivity index (χ2v) is 10.7. The molecule has 7 heteroatoms. The van der Waals surface area contributed by atoms with Crippen LogP contribution in [0.25, 0.3) is 10.4 Å². The maximum atomic E-state index is 11.9. The van der Waals surface area contributed by atoms with Crippen LogP contribution in [0.5, 0.6) is 0 Å². The Morgan fingerprint density at radius 1 is 1.41 bits per heavy atom. The molecule has 0 aliphatic carbocycles. The molecule has 0 fully saturated rings. The van der Waals surface area contributed by atoms with Gasteiger partial charge >= 0.3 is 112 Å². The molecule has 0 radical (unpaired) electrons. The van der Waals surface area contributed by atoms with Gasteiger partial charge in [-0.15, -0.1) is 0 Å². The summed E-state index contributed by atoms with van der Waals surface area (Å²) in [6.07, 6.45) is 0. The van der Waals surface area contributed by atoms with Crippen LogP contribution >= 0.6 is 0 Å². The standard InChI is InChI=1S/C10H13IN3O2Si/c1-17(2,3)16-10(15)8-6-4-5-7-9(8)11-13-14-12/h4-7H,1-3H3/q-1. The van der Waals surface area contributed by atoms with Crippen LogP contribution < -0.4 is 21.5 Å². The number of hydrogen-bond donors (Lipinski definition) is 0. The second-order valence-electron chi connectivity index (χ2n) is 4.23. The minimum atomic E-state index is -1.90. The Kier molecular flexibility index (Phi) is 4.97. The average molecular weight is 362 g/mol. The average Bonchev–Trinajstić information content (AvgIpc) is 2.24. The fourth-order valence-corrected chi connectivity index (χ4v) is 3.11. The van der Waals surface area contributed by atoms with E-state index in [0.717, 1.165) is 3.57 Å².